The van der Waals surface area contributed by atoms with Crippen LogP contribution in [0.4, 0.5) is 11.4 Å². The Bertz CT molecular complexity index is 504. The first-order valence-corrected chi connectivity index (χ1v) is 6.06. The SMILES string of the molecule is C#CC(C)(C)Nc1cc(OCCC)cc([N+](=O)[O-])c1. The molecule has 0 aliphatic carbocycles. The third-order valence-electron chi connectivity index (χ3n) is 2.39. The molecule has 0 amide bonds. The van der Waals surface area contributed by atoms with Gasteiger partial charge in [0.25, 0.3) is 5.69 Å². The fourth-order valence-corrected chi connectivity index (χ4v) is 1.46. The molecule has 102 valence electrons. The number of nitrogens with one attached hydrogen (secondary N) is 1. The molecular weight excluding hydrogens is 244 g/mol. The zero-order valence-electron chi connectivity index (χ0n) is 11.4. The highest BCUT2D eigenvalue weighted by Crippen LogP contribution is 2.27. The van der Waals surface area contributed by atoms with Gasteiger partial charge in [-0.05, 0) is 20.3 Å². The summed E-state index contributed by atoms with van der Waals surface area (Å²) in [5.74, 6) is 3.04. The van der Waals surface area contributed by atoms with Crippen LogP contribution in [-0.4, -0.2) is 17.1 Å². The number of ether oxygens (including phenoxy) is 1. The van der Waals surface area contributed by atoms with E-state index < -0.39 is 10.5 Å². The molecule has 0 fully saturated rings. The zero-order valence-corrected chi connectivity index (χ0v) is 11.4. The number of anilines is 1. The standard InChI is InChI=1S/C14H18N2O3/c1-5-7-19-13-9-11(15-14(3,4)6-2)8-12(10-13)16(17)18/h2,8-10,15H,5,7H2,1,3-4H3. The number of nitro groups is 1. The second kappa shape index (κ2) is 6.10. The predicted molar refractivity (Wildman–Crippen MR) is 75.4 cm³/mol. The zero-order chi connectivity index (χ0) is 14.5. The Hall–Kier alpha value is -2.22. The van der Waals surface area contributed by atoms with Crippen molar-refractivity contribution in [3.8, 4) is 18.1 Å². The van der Waals surface area contributed by atoms with E-state index in [-0.39, 0.29) is 5.69 Å². The van der Waals surface area contributed by atoms with Gasteiger partial charge in [-0.1, -0.05) is 12.8 Å². The molecule has 0 bridgehead atoms. The predicted octanol–water partition coefficient (Wildman–Crippen LogP) is 3.21. The molecule has 0 aliphatic rings. The third kappa shape index (κ3) is 4.51. The minimum Gasteiger partial charge on any atom is -0.493 e. The highest BCUT2D eigenvalue weighted by atomic mass is 16.6. The van der Waals surface area contributed by atoms with Gasteiger partial charge in [0, 0.05) is 17.8 Å². The van der Waals surface area contributed by atoms with Crippen molar-refractivity contribution in [2.45, 2.75) is 32.7 Å². The van der Waals surface area contributed by atoms with Gasteiger partial charge in [0.15, 0.2) is 0 Å². The molecule has 0 saturated heterocycles. The van der Waals surface area contributed by atoms with Gasteiger partial charge in [-0.2, -0.15) is 0 Å². The maximum absolute atomic E-state index is 10.9. The fraction of sp³-hybridized carbons (Fsp3) is 0.429. The smallest absolute Gasteiger partial charge is 0.275 e. The number of terminal acetylenes is 1. The van der Waals surface area contributed by atoms with Crippen LogP contribution in [0, 0.1) is 22.5 Å². The van der Waals surface area contributed by atoms with Crippen molar-refractivity contribution in [1.82, 2.24) is 0 Å². The largest absolute Gasteiger partial charge is 0.493 e. The van der Waals surface area contributed by atoms with E-state index in [9.17, 15) is 10.1 Å². The number of benzene rings is 1. The first kappa shape index (κ1) is 14.8. The first-order valence-electron chi connectivity index (χ1n) is 6.06. The summed E-state index contributed by atoms with van der Waals surface area (Å²) in [4.78, 5) is 10.4. The molecule has 0 unspecified atom stereocenters. The van der Waals surface area contributed by atoms with E-state index in [0.717, 1.165) is 6.42 Å². The monoisotopic (exact) mass is 262 g/mol. The molecule has 5 nitrogen and oxygen atoms in total. The van der Waals surface area contributed by atoms with Crippen molar-refractivity contribution in [3.63, 3.8) is 0 Å². The van der Waals surface area contributed by atoms with E-state index in [1.807, 2.05) is 20.8 Å². The van der Waals surface area contributed by atoms with Crippen LogP contribution >= 0.6 is 0 Å². The lowest BCUT2D eigenvalue weighted by atomic mass is 10.1. The van der Waals surface area contributed by atoms with Gasteiger partial charge in [0.1, 0.15) is 5.75 Å². The van der Waals surface area contributed by atoms with Crippen LogP contribution in [0.1, 0.15) is 27.2 Å². The van der Waals surface area contributed by atoms with Crippen molar-refractivity contribution >= 4 is 11.4 Å². The van der Waals surface area contributed by atoms with Crippen molar-refractivity contribution in [2.24, 2.45) is 0 Å². The van der Waals surface area contributed by atoms with Gasteiger partial charge in [-0.15, -0.1) is 6.42 Å². The Kier molecular flexibility index (Phi) is 4.76. The summed E-state index contributed by atoms with van der Waals surface area (Å²) >= 11 is 0. The van der Waals surface area contributed by atoms with Gasteiger partial charge in [-0.3, -0.25) is 10.1 Å². The summed E-state index contributed by atoms with van der Waals surface area (Å²) < 4.78 is 5.44. The molecule has 19 heavy (non-hydrogen) atoms. The Morgan fingerprint density at radius 2 is 2.16 bits per heavy atom. The van der Waals surface area contributed by atoms with Crippen LogP contribution in [0.2, 0.25) is 0 Å². The van der Waals surface area contributed by atoms with E-state index in [2.05, 4.69) is 11.2 Å². The lowest BCUT2D eigenvalue weighted by Gasteiger charge is -2.21. The average Bonchev–Trinajstić information content (AvgIpc) is 2.35. The summed E-state index contributed by atoms with van der Waals surface area (Å²) in [7, 11) is 0. The lowest BCUT2D eigenvalue weighted by Crippen LogP contribution is -2.28. The first-order chi connectivity index (χ1) is 8.88. The van der Waals surface area contributed by atoms with Crippen molar-refractivity contribution < 1.29 is 9.66 Å². The van der Waals surface area contributed by atoms with Crippen molar-refractivity contribution in [3.05, 3.63) is 28.3 Å². The maximum atomic E-state index is 10.9. The molecule has 0 atom stereocenters. The number of non-ortho nitro benzene ring substituents is 1. The maximum Gasteiger partial charge on any atom is 0.275 e. The Labute approximate surface area is 113 Å². The van der Waals surface area contributed by atoms with Crippen LogP contribution in [0.25, 0.3) is 0 Å². The summed E-state index contributed by atoms with van der Waals surface area (Å²) in [5, 5.41) is 14.0. The molecule has 1 N–H and O–H groups in total. The number of hydrogen-bond donors (Lipinski definition) is 1. The quantitative estimate of drug-likeness (QED) is 0.485. The molecule has 0 radical (unpaired) electrons. The van der Waals surface area contributed by atoms with Crippen LogP contribution in [0.15, 0.2) is 18.2 Å². The van der Waals surface area contributed by atoms with E-state index in [1.54, 1.807) is 6.07 Å². The summed E-state index contributed by atoms with van der Waals surface area (Å²) in [6.07, 6.45) is 6.23. The minimum absolute atomic E-state index is 0.0241. The molecule has 1 aromatic rings. The Morgan fingerprint density at radius 3 is 2.68 bits per heavy atom. The van der Waals surface area contributed by atoms with Crippen molar-refractivity contribution in [2.75, 3.05) is 11.9 Å². The normalized spacial score (nSPS) is 10.6. The van der Waals surface area contributed by atoms with Crippen molar-refractivity contribution in [1.29, 1.82) is 0 Å². The summed E-state index contributed by atoms with van der Waals surface area (Å²) in [5.41, 5.74) is -0.0378. The van der Waals surface area contributed by atoms with Crippen LogP contribution < -0.4 is 10.1 Å². The molecule has 0 heterocycles. The molecule has 0 spiro atoms. The fourth-order valence-electron chi connectivity index (χ4n) is 1.46. The van der Waals surface area contributed by atoms with Gasteiger partial charge in [0.05, 0.1) is 23.1 Å². The molecule has 5 heteroatoms. The molecule has 0 aromatic heterocycles. The summed E-state index contributed by atoms with van der Waals surface area (Å²) in [6, 6.07) is 4.56. The van der Waals surface area contributed by atoms with Gasteiger partial charge in [0.2, 0.25) is 0 Å². The van der Waals surface area contributed by atoms with E-state index in [1.165, 1.54) is 12.1 Å². The minimum atomic E-state index is -0.586. The van der Waals surface area contributed by atoms with Gasteiger partial charge in [-0.25, -0.2) is 0 Å². The number of nitrogens with zero attached hydrogens (tertiary/aromatic N) is 1. The molecule has 0 aliphatic heterocycles. The van der Waals surface area contributed by atoms with Crippen LogP contribution in [0.3, 0.4) is 0 Å². The number of hydrogen-bond acceptors (Lipinski definition) is 4. The van der Waals surface area contributed by atoms with E-state index in [0.29, 0.717) is 18.0 Å². The van der Waals surface area contributed by atoms with E-state index >= 15 is 0 Å². The molecule has 1 rings (SSSR count). The Balaban J connectivity index is 3.06. The van der Waals surface area contributed by atoms with Crippen LogP contribution in [0.5, 0.6) is 5.75 Å². The number of nitro benzene ring substituents is 1. The molecule has 1 aromatic carbocycles. The summed E-state index contributed by atoms with van der Waals surface area (Å²) in [6.45, 7) is 6.12. The van der Waals surface area contributed by atoms with Gasteiger partial charge >= 0.3 is 0 Å². The van der Waals surface area contributed by atoms with Crippen LogP contribution in [-0.2, 0) is 0 Å². The second-order valence-electron chi connectivity index (χ2n) is 4.72. The highest BCUT2D eigenvalue weighted by Gasteiger charge is 2.17. The second-order valence-corrected chi connectivity index (χ2v) is 4.72. The molecular formula is C14H18N2O3. The average molecular weight is 262 g/mol. The topological polar surface area (TPSA) is 64.4 Å². The highest BCUT2D eigenvalue weighted by molar-refractivity contribution is 5.58. The Morgan fingerprint density at radius 1 is 1.47 bits per heavy atom. The lowest BCUT2D eigenvalue weighted by molar-refractivity contribution is -0.384. The molecule has 0 saturated carbocycles. The third-order valence-corrected chi connectivity index (χ3v) is 2.39. The number of rotatable bonds is 6. The van der Waals surface area contributed by atoms with Gasteiger partial charge < -0.3 is 10.1 Å². The van der Waals surface area contributed by atoms with E-state index in [4.69, 9.17) is 11.2 Å².